The van der Waals surface area contributed by atoms with Crippen molar-refractivity contribution in [3.05, 3.63) is 56.5 Å². The molecule has 0 heterocycles. The highest BCUT2D eigenvalue weighted by molar-refractivity contribution is 9.11. The van der Waals surface area contributed by atoms with Crippen molar-refractivity contribution in [1.82, 2.24) is 0 Å². The van der Waals surface area contributed by atoms with E-state index >= 15 is 0 Å². The first kappa shape index (κ1) is 14.5. The Morgan fingerprint density at radius 3 is 2.42 bits per heavy atom. The number of nitrogens with two attached hydrogens (primary N) is 1. The molecule has 0 spiro atoms. The number of nitrogens with one attached hydrogen (secondary N) is 1. The van der Waals surface area contributed by atoms with Gasteiger partial charge in [0.15, 0.2) is 0 Å². The summed E-state index contributed by atoms with van der Waals surface area (Å²) < 4.78 is 1.91. The van der Waals surface area contributed by atoms with Crippen molar-refractivity contribution in [3.8, 4) is 0 Å². The minimum Gasteiger partial charge on any atom is -0.389 e. The lowest BCUT2D eigenvalue weighted by Crippen LogP contribution is -2.13. The molecule has 0 saturated carbocycles. The molecule has 2 rings (SSSR count). The van der Waals surface area contributed by atoms with Gasteiger partial charge >= 0.3 is 0 Å². The molecular formula is C14H12Br2N2S. The Kier molecular flexibility index (Phi) is 4.60. The number of thiocarbonyl (C=S) groups is 1. The number of hydrogen-bond donors (Lipinski definition) is 2. The average molecular weight is 400 g/mol. The Morgan fingerprint density at radius 2 is 1.74 bits per heavy atom. The molecule has 0 bridgehead atoms. The van der Waals surface area contributed by atoms with Gasteiger partial charge in [0.05, 0.1) is 5.69 Å². The van der Waals surface area contributed by atoms with Crippen LogP contribution in [0.4, 0.5) is 11.4 Å². The van der Waals surface area contributed by atoms with E-state index in [1.54, 1.807) is 0 Å². The molecule has 0 atom stereocenters. The van der Waals surface area contributed by atoms with Gasteiger partial charge in [0, 0.05) is 20.2 Å². The van der Waals surface area contributed by atoms with E-state index in [1.165, 1.54) is 0 Å². The first-order valence-electron chi connectivity index (χ1n) is 5.61. The zero-order chi connectivity index (χ0) is 14.0. The van der Waals surface area contributed by atoms with Crippen LogP contribution in [-0.4, -0.2) is 4.99 Å². The second-order valence-corrected chi connectivity index (χ2v) is 6.18. The highest BCUT2D eigenvalue weighted by Crippen LogP contribution is 2.32. The van der Waals surface area contributed by atoms with E-state index in [4.69, 9.17) is 18.0 Å². The maximum absolute atomic E-state index is 5.79. The topological polar surface area (TPSA) is 38.0 Å². The average Bonchev–Trinajstić information content (AvgIpc) is 2.34. The summed E-state index contributed by atoms with van der Waals surface area (Å²) in [6.07, 6.45) is 0. The molecule has 98 valence electrons. The van der Waals surface area contributed by atoms with E-state index < -0.39 is 0 Å². The molecule has 0 aliphatic carbocycles. The van der Waals surface area contributed by atoms with Crippen LogP contribution in [0.5, 0.6) is 0 Å². The van der Waals surface area contributed by atoms with Gasteiger partial charge in [0.1, 0.15) is 4.99 Å². The Labute approximate surface area is 134 Å². The minimum absolute atomic E-state index is 0.360. The highest BCUT2D eigenvalue weighted by Gasteiger charge is 2.11. The fourth-order valence-corrected chi connectivity index (χ4v) is 3.06. The van der Waals surface area contributed by atoms with Crippen LogP contribution in [0.25, 0.3) is 0 Å². The maximum atomic E-state index is 5.79. The van der Waals surface area contributed by atoms with Gasteiger partial charge in [-0.1, -0.05) is 30.4 Å². The lowest BCUT2D eigenvalue weighted by Gasteiger charge is -2.14. The molecule has 3 N–H and O–H groups in total. The first-order valence-corrected chi connectivity index (χ1v) is 7.60. The highest BCUT2D eigenvalue weighted by atomic mass is 79.9. The molecule has 2 nitrogen and oxygen atoms in total. The third-order valence-electron chi connectivity index (χ3n) is 2.72. The van der Waals surface area contributed by atoms with Crippen molar-refractivity contribution in [3.63, 3.8) is 0 Å². The summed E-state index contributed by atoms with van der Waals surface area (Å²) in [7, 11) is 0. The van der Waals surface area contributed by atoms with Crippen LogP contribution >= 0.6 is 44.1 Å². The molecule has 0 aromatic heterocycles. The molecule has 19 heavy (non-hydrogen) atoms. The first-order chi connectivity index (χ1) is 9.00. The number of benzene rings is 2. The smallest absolute Gasteiger partial charge is 0.107 e. The Balaban J connectivity index is 2.47. The van der Waals surface area contributed by atoms with E-state index in [9.17, 15) is 0 Å². The van der Waals surface area contributed by atoms with Crippen molar-refractivity contribution in [1.29, 1.82) is 0 Å². The van der Waals surface area contributed by atoms with Crippen molar-refractivity contribution < 1.29 is 0 Å². The zero-order valence-corrected chi connectivity index (χ0v) is 14.2. The predicted molar refractivity (Wildman–Crippen MR) is 92.2 cm³/mol. The second kappa shape index (κ2) is 6.03. The van der Waals surface area contributed by atoms with E-state index in [0.29, 0.717) is 4.99 Å². The second-order valence-electron chi connectivity index (χ2n) is 4.09. The van der Waals surface area contributed by atoms with Gasteiger partial charge in [-0.3, -0.25) is 0 Å². The molecule has 0 unspecified atom stereocenters. The number of hydrogen-bond acceptors (Lipinski definition) is 2. The summed E-state index contributed by atoms with van der Waals surface area (Å²) >= 11 is 12.2. The third-order valence-corrected chi connectivity index (χ3v) is 4.64. The van der Waals surface area contributed by atoms with Crippen molar-refractivity contribution >= 4 is 60.4 Å². The van der Waals surface area contributed by atoms with Crippen LogP contribution in [0, 0.1) is 6.92 Å². The number of halogens is 2. The zero-order valence-electron chi connectivity index (χ0n) is 10.2. The summed E-state index contributed by atoms with van der Waals surface area (Å²) in [6, 6.07) is 11.9. The van der Waals surface area contributed by atoms with E-state index in [0.717, 1.165) is 31.4 Å². The van der Waals surface area contributed by atoms with Gasteiger partial charge in [-0.05, 0) is 62.5 Å². The SMILES string of the molecule is Cc1cccc(Nc2cccc(Br)c2C(N)=S)c1Br. The Hall–Kier alpha value is -0.910. The minimum atomic E-state index is 0.360. The molecule has 0 amide bonds. The van der Waals surface area contributed by atoms with E-state index in [2.05, 4.69) is 37.2 Å². The van der Waals surface area contributed by atoms with Gasteiger partial charge in [-0.15, -0.1) is 0 Å². The fourth-order valence-electron chi connectivity index (χ4n) is 1.77. The van der Waals surface area contributed by atoms with Gasteiger partial charge in [0.2, 0.25) is 0 Å². The number of aryl methyl sites for hydroxylation is 1. The largest absolute Gasteiger partial charge is 0.389 e. The van der Waals surface area contributed by atoms with Gasteiger partial charge in [-0.25, -0.2) is 0 Å². The van der Waals surface area contributed by atoms with Crippen LogP contribution in [0.15, 0.2) is 45.3 Å². The lowest BCUT2D eigenvalue weighted by atomic mass is 10.1. The van der Waals surface area contributed by atoms with E-state index in [-0.39, 0.29) is 0 Å². The summed E-state index contributed by atoms with van der Waals surface area (Å²) in [5.74, 6) is 0. The van der Waals surface area contributed by atoms with Crippen molar-refractivity contribution in [2.24, 2.45) is 5.73 Å². The Morgan fingerprint density at radius 1 is 1.11 bits per heavy atom. The van der Waals surface area contributed by atoms with E-state index in [1.807, 2.05) is 43.3 Å². The summed E-state index contributed by atoms with van der Waals surface area (Å²) in [4.78, 5) is 0.360. The predicted octanol–water partition coefficient (Wildman–Crippen LogP) is 4.90. The number of anilines is 2. The van der Waals surface area contributed by atoms with Crippen molar-refractivity contribution in [2.75, 3.05) is 5.32 Å². The van der Waals surface area contributed by atoms with Gasteiger partial charge in [0.25, 0.3) is 0 Å². The standard InChI is InChI=1S/C14H12Br2N2S/c1-8-4-2-7-11(13(8)16)18-10-6-3-5-9(15)12(10)14(17)19/h2-7,18H,1H3,(H2,17,19). The van der Waals surface area contributed by atoms with Crippen LogP contribution in [-0.2, 0) is 0 Å². The quantitative estimate of drug-likeness (QED) is 0.721. The molecule has 0 aliphatic heterocycles. The van der Waals surface area contributed by atoms with Crippen LogP contribution in [0.1, 0.15) is 11.1 Å². The third kappa shape index (κ3) is 3.16. The molecule has 0 radical (unpaired) electrons. The fraction of sp³-hybridized carbons (Fsp3) is 0.0714. The van der Waals surface area contributed by atoms with Gasteiger partial charge in [-0.2, -0.15) is 0 Å². The monoisotopic (exact) mass is 398 g/mol. The summed E-state index contributed by atoms with van der Waals surface area (Å²) in [6.45, 7) is 2.05. The Bertz CT molecular complexity index is 641. The number of rotatable bonds is 3. The summed E-state index contributed by atoms with van der Waals surface area (Å²) in [5.41, 5.74) is 9.63. The summed E-state index contributed by atoms with van der Waals surface area (Å²) in [5, 5.41) is 3.36. The maximum Gasteiger partial charge on any atom is 0.107 e. The van der Waals surface area contributed by atoms with Crippen LogP contribution in [0.2, 0.25) is 0 Å². The molecule has 0 aliphatic rings. The van der Waals surface area contributed by atoms with Gasteiger partial charge < -0.3 is 11.1 Å². The lowest BCUT2D eigenvalue weighted by molar-refractivity contribution is 1.40. The normalized spacial score (nSPS) is 10.3. The van der Waals surface area contributed by atoms with Crippen LogP contribution < -0.4 is 11.1 Å². The molecule has 2 aromatic rings. The van der Waals surface area contributed by atoms with Crippen molar-refractivity contribution in [2.45, 2.75) is 6.92 Å². The van der Waals surface area contributed by atoms with Crippen LogP contribution in [0.3, 0.4) is 0 Å². The molecule has 5 heteroatoms. The molecule has 0 saturated heterocycles. The molecular weight excluding hydrogens is 388 g/mol. The molecule has 2 aromatic carbocycles. The molecule has 0 fully saturated rings.